The van der Waals surface area contributed by atoms with Crippen LogP contribution in [0.3, 0.4) is 0 Å². The van der Waals surface area contributed by atoms with Crippen LogP contribution in [0, 0.1) is 6.92 Å². The van der Waals surface area contributed by atoms with Gasteiger partial charge in [-0.2, -0.15) is 5.10 Å². The van der Waals surface area contributed by atoms with E-state index in [0.717, 1.165) is 23.1 Å². The van der Waals surface area contributed by atoms with Gasteiger partial charge in [0.15, 0.2) is 0 Å². The predicted octanol–water partition coefficient (Wildman–Crippen LogP) is 3.82. The van der Waals surface area contributed by atoms with E-state index in [0.29, 0.717) is 12.0 Å². The average molecular weight is 350 g/mol. The van der Waals surface area contributed by atoms with E-state index >= 15 is 0 Å². The minimum atomic E-state index is 0.454. The zero-order valence-electron chi connectivity index (χ0n) is 13.2. The molecule has 1 aromatic carbocycles. The number of nitrogens with zero attached hydrogens (tertiary/aromatic N) is 2. The minimum Gasteiger partial charge on any atom is -0.314 e. The number of hydrogen-bond donors (Lipinski definition) is 1. The van der Waals surface area contributed by atoms with Crippen molar-refractivity contribution in [1.29, 1.82) is 0 Å². The smallest absolute Gasteiger partial charge is 0.0596 e. The van der Waals surface area contributed by atoms with Crippen molar-refractivity contribution in [2.75, 3.05) is 6.54 Å². The molecule has 0 spiro atoms. The Morgan fingerprint density at radius 2 is 1.90 bits per heavy atom. The van der Waals surface area contributed by atoms with E-state index in [1.807, 2.05) is 18.7 Å². The van der Waals surface area contributed by atoms with Gasteiger partial charge in [-0.15, -0.1) is 0 Å². The Morgan fingerprint density at radius 3 is 2.43 bits per heavy atom. The van der Waals surface area contributed by atoms with Crippen LogP contribution in [0.4, 0.5) is 0 Å². The van der Waals surface area contributed by atoms with Gasteiger partial charge < -0.3 is 5.32 Å². The molecule has 3 nitrogen and oxygen atoms in total. The Labute approximate surface area is 135 Å². The lowest BCUT2D eigenvalue weighted by molar-refractivity contribution is 0.516. The Bertz CT molecular complexity index is 572. The summed E-state index contributed by atoms with van der Waals surface area (Å²) in [6.07, 6.45) is 0.999. The third kappa shape index (κ3) is 4.68. The summed E-state index contributed by atoms with van der Waals surface area (Å²) in [5.74, 6) is 0.454. The number of rotatable bonds is 6. The van der Waals surface area contributed by atoms with Gasteiger partial charge in [-0.05, 0) is 37.1 Å². The molecular weight excluding hydrogens is 326 g/mol. The first kappa shape index (κ1) is 16.2. The number of aryl methyl sites for hydroxylation is 2. The SMILES string of the molecule is Cc1cc(CC(CNC(C)C)c2ccc(Br)cc2)n(C)n1. The molecule has 0 aliphatic carbocycles. The number of benzene rings is 1. The Kier molecular flexibility index (Phi) is 5.59. The van der Waals surface area contributed by atoms with Crippen LogP contribution in [0.5, 0.6) is 0 Å². The van der Waals surface area contributed by atoms with Crippen molar-refractivity contribution in [2.24, 2.45) is 7.05 Å². The second kappa shape index (κ2) is 7.23. The Morgan fingerprint density at radius 1 is 1.24 bits per heavy atom. The van der Waals surface area contributed by atoms with Crippen LogP contribution in [0.25, 0.3) is 0 Å². The predicted molar refractivity (Wildman–Crippen MR) is 91.7 cm³/mol. The van der Waals surface area contributed by atoms with E-state index in [1.54, 1.807) is 0 Å². The van der Waals surface area contributed by atoms with Crippen molar-refractivity contribution < 1.29 is 0 Å². The van der Waals surface area contributed by atoms with Gasteiger partial charge >= 0.3 is 0 Å². The van der Waals surface area contributed by atoms with Gasteiger partial charge in [-0.3, -0.25) is 4.68 Å². The summed E-state index contributed by atoms with van der Waals surface area (Å²) >= 11 is 3.51. The molecular formula is C17H24BrN3. The average Bonchev–Trinajstić information content (AvgIpc) is 2.73. The molecule has 1 unspecified atom stereocenters. The van der Waals surface area contributed by atoms with Crippen LogP contribution in [-0.4, -0.2) is 22.4 Å². The summed E-state index contributed by atoms with van der Waals surface area (Å²) in [4.78, 5) is 0. The molecule has 21 heavy (non-hydrogen) atoms. The van der Waals surface area contributed by atoms with Gasteiger partial charge in [0, 0.05) is 35.7 Å². The molecule has 0 amide bonds. The fourth-order valence-electron chi connectivity index (χ4n) is 2.53. The van der Waals surface area contributed by atoms with Crippen molar-refractivity contribution in [3.63, 3.8) is 0 Å². The highest BCUT2D eigenvalue weighted by Gasteiger charge is 2.15. The van der Waals surface area contributed by atoms with Crippen LogP contribution in [0.1, 0.15) is 36.7 Å². The lowest BCUT2D eigenvalue weighted by Gasteiger charge is -2.20. The number of nitrogens with one attached hydrogen (secondary N) is 1. The molecule has 0 saturated heterocycles. The molecule has 0 fully saturated rings. The zero-order valence-corrected chi connectivity index (χ0v) is 14.8. The van der Waals surface area contributed by atoms with E-state index in [9.17, 15) is 0 Å². The maximum atomic E-state index is 4.46. The third-order valence-electron chi connectivity index (χ3n) is 3.67. The van der Waals surface area contributed by atoms with Crippen LogP contribution < -0.4 is 5.32 Å². The summed E-state index contributed by atoms with van der Waals surface area (Å²) in [6, 6.07) is 11.3. The number of hydrogen-bond acceptors (Lipinski definition) is 2. The number of aromatic nitrogens is 2. The summed E-state index contributed by atoms with van der Waals surface area (Å²) in [6.45, 7) is 7.40. The molecule has 4 heteroatoms. The minimum absolute atomic E-state index is 0.454. The van der Waals surface area contributed by atoms with Crippen molar-refractivity contribution in [2.45, 2.75) is 39.2 Å². The van der Waals surface area contributed by atoms with Crippen LogP contribution >= 0.6 is 15.9 Å². The monoisotopic (exact) mass is 349 g/mol. The van der Waals surface area contributed by atoms with Crippen molar-refractivity contribution >= 4 is 15.9 Å². The van der Waals surface area contributed by atoms with Crippen LogP contribution in [0.2, 0.25) is 0 Å². The van der Waals surface area contributed by atoms with E-state index in [2.05, 4.69) is 70.5 Å². The molecule has 0 aliphatic heterocycles. The standard InChI is InChI=1S/C17H24BrN3/c1-12(2)19-11-15(14-5-7-16(18)8-6-14)10-17-9-13(3)20-21(17)4/h5-9,12,15,19H,10-11H2,1-4H3. The first-order chi connectivity index (χ1) is 9.95. The fraction of sp³-hybridized carbons (Fsp3) is 0.471. The van der Waals surface area contributed by atoms with Gasteiger partial charge in [0.25, 0.3) is 0 Å². The second-order valence-corrected chi connectivity index (χ2v) is 6.83. The highest BCUT2D eigenvalue weighted by atomic mass is 79.9. The highest BCUT2D eigenvalue weighted by molar-refractivity contribution is 9.10. The molecule has 1 heterocycles. The highest BCUT2D eigenvalue weighted by Crippen LogP contribution is 2.23. The first-order valence-corrected chi connectivity index (χ1v) is 8.23. The lowest BCUT2D eigenvalue weighted by atomic mass is 9.93. The van der Waals surface area contributed by atoms with Crippen molar-refractivity contribution in [1.82, 2.24) is 15.1 Å². The summed E-state index contributed by atoms with van der Waals surface area (Å²) in [5, 5.41) is 8.02. The molecule has 2 aromatic rings. The van der Waals surface area contributed by atoms with Gasteiger partial charge in [0.1, 0.15) is 0 Å². The molecule has 114 valence electrons. The molecule has 1 N–H and O–H groups in total. The zero-order chi connectivity index (χ0) is 15.4. The van der Waals surface area contributed by atoms with Gasteiger partial charge in [0.05, 0.1) is 5.69 Å². The van der Waals surface area contributed by atoms with E-state index in [1.165, 1.54) is 11.3 Å². The maximum absolute atomic E-state index is 4.46. The second-order valence-electron chi connectivity index (χ2n) is 5.92. The van der Waals surface area contributed by atoms with E-state index in [4.69, 9.17) is 0 Å². The largest absolute Gasteiger partial charge is 0.314 e. The summed E-state index contributed by atoms with van der Waals surface area (Å²) < 4.78 is 3.12. The quantitative estimate of drug-likeness (QED) is 0.859. The van der Waals surface area contributed by atoms with E-state index < -0.39 is 0 Å². The molecule has 2 rings (SSSR count). The van der Waals surface area contributed by atoms with Crippen LogP contribution in [-0.2, 0) is 13.5 Å². The maximum Gasteiger partial charge on any atom is 0.0596 e. The Hall–Kier alpha value is -1.13. The molecule has 0 aliphatic rings. The summed E-state index contributed by atoms with van der Waals surface area (Å²) in [7, 11) is 2.02. The molecule has 0 radical (unpaired) electrons. The van der Waals surface area contributed by atoms with Gasteiger partial charge in [-0.1, -0.05) is 41.9 Å². The van der Waals surface area contributed by atoms with Gasteiger partial charge in [-0.25, -0.2) is 0 Å². The molecule has 0 saturated carbocycles. The fourth-order valence-corrected chi connectivity index (χ4v) is 2.79. The Balaban J connectivity index is 2.19. The third-order valence-corrected chi connectivity index (χ3v) is 4.20. The summed E-state index contributed by atoms with van der Waals surface area (Å²) in [5.41, 5.74) is 3.73. The molecule has 1 aromatic heterocycles. The lowest BCUT2D eigenvalue weighted by Crippen LogP contribution is -2.29. The topological polar surface area (TPSA) is 29.9 Å². The number of halogens is 1. The molecule has 1 atom stereocenters. The van der Waals surface area contributed by atoms with Crippen LogP contribution in [0.15, 0.2) is 34.8 Å². The normalized spacial score (nSPS) is 12.9. The van der Waals surface area contributed by atoms with Crippen molar-refractivity contribution in [3.8, 4) is 0 Å². The van der Waals surface area contributed by atoms with E-state index in [-0.39, 0.29) is 0 Å². The van der Waals surface area contributed by atoms with Crippen molar-refractivity contribution in [3.05, 3.63) is 51.8 Å². The van der Waals surface area contributed by atoms with Gasteiger partial charge in [0.2, 0.25) is 0 Å². The molecule has 0 bridgehead atoms. The first-order valence-electron chi connectivity index (χ1n) is 7.44.